The Morgan fingerprint density at radius 3 is 2.57 bits per heavy atom. The highest BCUT2D eigenvalue weighted by Gasteiger charge is 2.35. The Hall–Kier alpha value is -4.03. The molecule has 1 aliphatic rings. The molecular formula is C32H40F2N8O2. The van der Waals surface area contributed by atoms with Crippen molar-refractivity contribution in [2.45, 2.75) is 66.2 Å². The van der Waals surface area contributed by atoms with E-state index in [1.165, 1.54) is 6.07 Å². The van der Waals surface area contributed by atoms with E-state index < -0.39 is 17.2 Å². The van der Waals surface area contributed by atoms with E-state index in [9.17, 15) is 9.18 Å². The normalized spacial score (nSPS) is 17.4. The molecular weight excluding hydrogens is 566 g/mol. The Labute approximate surface area is 256 Å². The molecule has 1 aliphatic heterocycles. The largest absolute Gasteiger partial charge is 0.372 e. The number of carbonyl (C=O) groups is 1. The van der Waals surface area contributed by atoms with Gasteiger partial charge in [-0.25, -0.2) is 28.7 Å². The predicted octanol–water partition coefficient (Wildman–Crippen LogP) is 5.65. The number of pyridine rings is 1. The first-order valence-corrected chi connectivity index (χ1v) is 15.1. The summed E-state index contributed by atoms with van der Waals surface area (Å²) in [5, 5.41) is 3.03. The van der Waals surface area contributed by atoms with Crippen molar-refractivity contribution in [2.75, 3.05) is 38.1 Å². The molecule has 5 rings (SSSR count). The topological polar surface area (TPSA) is 101 Å². The first-order valence-electron chi connectivity index (χ1n) is 15.1. The molecule has 1 fully saturated rings. The summed E-state index contributed by atoms with van der Waals surface area (Å²) < 4.78 is 37.9. The number of halogens is 2. The van der Waals surface area contributed by atoms with Gasteiger partial charge in [0.05, 0.1) is 30.3 Å². The monoisotopic (exact) mass is 606 g/mol. The lowest BCUT2D eigenvalue weighted by molar-refractivity contribution is -0.146. The van der Waals surface area contributed by atoms with Gasteiger partial charge in [-0.3, -0.25) is 9.69 Å². The summed E-state index contributed by atoms with van der Waals surface area (Å²) in [5.74, 6) is 0.197. The number of aromatic nitrogens is 5. The molecule has 0 unspecified atom stereocenters. The summed E-state index contributed by atoms with van der Waals surface area (Å²) in [4.78, 5) is 34.1. The number of anilines is 2. The average Bonchev–Trinajstić information content (AvgIpc) is 3.32. The van der Waals surface area contributed by atoms with Crippen LogP contribution in [0.2, 0.25) is 0 Å². The number of morpholine rings is 1. The summed E-state index contributed by atoms with van der Waals surface area (Å²) in [6.45, 7) is 15.7. The number of nitrogens with one attached hydrogen (secondary N) is 1. The molecule has 234 valence electrons. The first kappa shape index (κ1) is 31.4. The van der Waals surface area contributed by atoms with Crippen LogP contribution in [0.1, 0.15) is 58.5 Å². The maximum absolute atomic E-state index is 15.0. The summed E-state index contributed by atoms with van der Waals surface area (Å²) in [6, 6.07) is 6.76. The number of benzene rings is 1. The van der Waals surface area contributed by atoms with Crippen LogP contribution in [0.4, 0.5) is 20.5 Å². The molecule has 4 aromatic rings. The summed E-state index contributed by atoms with van der Waals surface area (Å²) in [5.41, 5.74) is 1.53. The quantitative estimate of drug-likeness (QED) is 0.247. The zero-order valence-electron chi connectivity index (χ0n) is 26.2. The molecule has 12 heteroatoms. The maximum atomic E-state index is 15.0. The second-order valence-electron chi connectivity index (χ2n) is 11.8. The third kappa shape index (κ3) is 6.71. The molecule has 1 amide bonds. The smallest absolute Gasteiger partial charge is 0.229 e. The van der Waals surface area contributed by atoms with E-state index in [0.29, 0.717) is 61.9 Å². The lowest BCUT2D eigenvalue weighted by Gasteiger charge is -2.41. The first-order chi connectivity index (χ1) is 21.0. The maximum Gasteiger partial charge on any atom is 0.229 e. The van der Waals surface area contributed by atoms with Crippen LogP contribution >= 0.6 is 0 Å². The fourth-order valence-corrected chi connectivity index (χ4v) is 5.92. The van der Waals surface area contributed by atoms with Gasteiger partial charge in [0.2, 0.25) is 11.9 Å². The van der Waals surface area contributed by atoms with Crippen molar-refractivity contribution >= 4 is 28.7 Å². The summed E-state index contributed by atoms with van der Waals surface area (Å²) >= 11 is 0. The van der Waals surface area contributed by atoms with Gasteiger partial charge in [-0.2, -0.15) is 0 Å². The number of imidazole rings is 1. The van der Waals surface area contributed by atoms with Crippen molar-refractivity contribution in [3.63, 3.8) is 0 Å². The van der Waals surface area contributed by atoms with Crippen molar-refractivity contribution in [3.8, 4) is 11.3 Å². The lowest BCUT2D eigenvalue weighted by atomic mass is 9.98. The van der Waals surface area contributed by atoms with E-state index in [0.717, 1.165) is 18.3 Å². The number of rotatable bonds is 10. The second kappa shape index (κ2) is 12.9. The SMILES string of the molecule is CCN(CC)C(=O)C[C@]1(C)CN(Cc2ccc(Nc3ncc(F)c(-c4cc(F)c5nc(C)n(C(C)C)c5c4)n3)nc2)CCO1. The minimum absolute atomic E-state index is 0.0241. The highest BCUT2D eigenvalue weighted by Crippen LogP contribution is 2.30. The standard InChI is InChI=1S/C32H40F2N8O2/c1-7-41(8-2)28(43)15-32(6)19-40(11-12-44-32)18-22-9-10-27(35-16-22)38-31-36-17-25(34)29(39-31)23-13-24(33)30-26(14-23)42(20(3)4)21(5)37-30/h9-10,13-14,16-17,20H,7-8,11-12,15,18-19H2,1-6H3,(H,35,36,38,39)/t32-/m1/s1. The number of hydrogen-bond donors (Lipinski definition) is 1. The molecule has 0 spiro atoms. The fraction of sp³-hybridized carbons (Fsp3) is 0.469. The number of hydrogen-bond acceptors (Lipinski definition) is 8. The Bertz CT molecular complexity index is 1640. The van der Waals surface area contributed by atoms with Crippen LogP contribution in [0.3, 0.4) is 0 Å². The molecule has 0 saturated carbocycles. The van der Waals surface area contributed by atoms with Gasteiger partial charge < -0.3 is 19.5 Å². The van der Waals surface area contributed by atoms with Crippen LogP contribution in [-0.4, -0.2) is 78.6 Å². The zero-order chi connectivity index (χ0) is 31.6. The molecule has 3 aromatic heterocycles. The van der Waals surface area contributed by atoms with Gasteiger partial charge in [0, 0.05) is 50.5 Å². The molecule has 10 nitrogen and oxygen atoms in total. The van der Waals surface area contributed by atoms with Crippen molar-refractivity contribution in [2.24, 2.45) is 0 Å². The van der Waals surface area contributed by atoms with Crippen molar-refractivity contribution in [1.82, 2.24) is 34.3 Å². The van der Waals surface area contributed by atoms with E-state index in [4.69, 9.17) is 4.74 Å². The zero-order valence-corrected chi connectivity index (χ0v) is 26.2. The Morgan fingerprint density at radius 2 is 1.89 bits per heavy atom. The van der Waals surface area contributed by atoms with Crippen LogP contribution in [0.25, 0.3) is 22.3 Å². The van der Waals surface area contributed by atoms with Gasteiger partial charge in [0.25, 0.3) is 0 Å². The minimum Gasteiger partial charge on any atom is -0.372 e. The number of amides is 1. The van der Waals surface area contributed by atoms with E-state index in [1.54, 1.807) is 18.3 Å². The number of ether oxygens (including phenoxy) is 1. The highest BCUT2D eigenvalue weighted by molar-refractivity contribution is 5.83. The van der Waals surface area contributed by atoms with E-state index in [2.05, 4.69) is 30.2 Å². The number of carbonyl (C=O) groups excluding carboxylic acids is 1. The Kier molecular flexibility index (Phi) is 9.21. The van der Waals surface area contributed by atoms with Gasteiger partial charge in [-0.05, 0) is 65.3 Å². The van der Waals surface area contributed by atoms with Crippen molar-refractivity contribution in [3.05, 3.63) is 59.7 Å². The fourth-order valence-electron chi connectivity index (χ4n) is 5.92. The molecule has 0 bridgehead atoms. The third-order valence-corrected chi connectivity index (χ3v) is 7.99. The molecule has 1 N–H and O–H groups in total. The van der Waals surface area contributed by atoms with E-state index >= 15 is 4.39 Å². The lowest BCUT2D eigenvalue weighted by Crippen LogP contribution is -2.52. The molecule has 0 radical (unpaired) electrons. The third-order valence-electron chi connectivity index (χ3n) is 7.99. The number of aryl methyl sites for hydroxylation is 1. The predicted molar refractivity (Wildman–Crippen MR) is 165 cm³/mol. The summed E-state index contributed by atoms with van der Waals surface area (Å²) in [6.07, 6.45) is 3.17. The van der Waals surface area contributed by atoms with Crippen molar-refractivity contribution < 1.29 is 18.3 Å². The Morgan fingerprint density at radius 1 is 1.11 bits per heavy atom. The van der Waals surface area contributed by atoms with E-state index in [-0.39, 0.29) is 29.1 Å². The Balaban J connectivity index is 1.28. The molecule has 1 atom stereocenters. The molecule has 0 aliphatic carbocycles. The van der Waals surface area contributed by atoms with Crippen LogP contribution in [0, 0.1) is 18.6 Å². The van der Waals surface area contributed by atoms with Gasteiger partial charge in [0.1, 0.15) is 22.9 Å². The highest BCUT2D eigenvalue weighted by atomic mass is 19.1. The number of fused-ring (bicyclic) bond motifs is 1. The second-order valence-corrected chi connectivity index (χ2v) is 11.8. The van der Waals surface area contributed by atoms with Gasteiger partial charge in [-0.15, -0.1) is 0 Å². The molecule has 1 aromatic carbocycles. The molecule has 1 saturated heterocycles. The average molecular weight is 607 g/mol. The summed E-state index contributed by atoms with van der Waals surface area (Å²) in [7, 11) is 0. The van der Waals surface area contributed by atoms with Gasteiger partial charge in [0.15, 0.2) is 11.6 Å². The van der Waals surface area contributed by atoms with Crippen LogP contribution in [0.5, 0.6) is 0 Å². The minimum atomic E-state index is -0.666. The van der Waals surface area contributed by atoms with Gasteiger partial charge in [-0.1, -0.05) is 6.07 Å². The van der Waals surface area contributed by atoms with Crippen LogP contribution in [0.15, 0.2) is 36.7 Å². The van der Waals surface area contributed by atoms with Gasteiger partial charge >= 0.3 is 0 Å². The van der Waals surface area contributed by atoms with Crippen LogP contribution < -0.4 is 5.32 Å². The molecule has 44 heavy (non-hydrogen) atoms. The number of nitrogens with zero attached hydrogens (tertiary/aromatic N) is 7. The van der Waals surface area contributed by atoms with Crippen molar-refractivity contribution in [1.29, 1.82) is 0 Å². The molecule has 4 heterocycles. The van der Waals surface area contributed by atoms with E-state index in [1.807, 2.05) is 57.1 Å². The van der Waals surface area contributed by atoms with Crippen LogP contribution in [-0.2, 0) is 16.1 Å².